The summed E-state index contributed by atoms with van der Waals surface area (Å²) < 4.78 is 0. The van der Waals surface area contributed by atoms with Gasteiger partial charge < -0.3 is 9.80 Å². The van der Waals surface area contributed by atoms with Crippen LogP contribution in [-0.2, 0) is 5.41 Å². The smallest absolute Gasteiger partial charge is 0.0499 e. The summed E-state index contributed by atoms with van der Waals surface area (Å²) in [6, 6.07) is 33.0. The zero-order valence-electron chi connectivity index (χ0n) is 36.2. The number of rotatable bonds is 10. The number of anilines is 3. The van der Waals surface area contributed by atoms with Crippen molar-refractivity contribution in [1.29, 1.82) is 0 Å². The second kappa shape index (κ2) is 21.3. The number of benzene rings is 4. The van der Waals surface area contributed by atoms with E-state index in [1.54, 1.807) is 0 Å². The van der Waals surface area contributed by atoms with E-state index in [0.29, 0.717) is 6.54 Å². The predicted octanol–water partition coefficient (Wildman–Crippen LogP) is 15.4. The van der Waals surface area contributed by atoms with E-state index in [2.05, 4.69) is 225 Å². The first-order valence-electron chi connectivity index (χ1n) is 20.1. The summed E-state index contributed by atoms with van der Waals surface area (Å²) in [7, 11) is 0. The average molecular weight is 753 g/mol. The molecule has 2 heteroatoms. The number of fused-ring (bicyclic) bond motifs is 3. The van der Waals surface area contributed by atoms with Gasteiger partial charge in [-0.3, -0.25) is 0 Å². The maximum absolute atomic E-state index is 4.00. The molecule has 0 bridgehead atoms. The van der Waals surface area contributed by atoms with Gasteiger partial charge in [0.15, 0.2) is 0 Å². The van der Waals surface area contributed by atoms with Gasteiger partial charge in [-0.2, -0.15) is 0 Å². The third kappa shape index (κ3) is 9.50. The highest BCUT2D eigenvalue weighted by molar-refractivity contribution is 5.83. The lowest BCUT2D eigenvalue weighted by molar-refractivity contribution is 0.602. The number of allylic oxidation sites excluding steroid dienone is 8. The Morgan fingerprint density at radius 1 is 0.789 bits per heavy atom. The molecule has 0 aromatic heterocycles. The molecule has 0 radical (unpaired) electrons. The van der Waals surface area contributed by atoms with Gasteiger partial charge in [0.25, 0.3) is 0 Å². The van der Waals surface area contributed by atoms with E-state index >= 15 is 0 Å². The van der Waals surface area contributed by atoms with Crippen LogP contribution in [0.3, 0.4) is 0 Å². The molecule has 1 unspecified atom stereocenters. The van der Waals surface area contributed by atoms with Gasteiger partial charge in [0.2, 0.25) is 0 Å². The Balaban J connectivity index is 0.00000138. The van der Waals surface area contributed by atoms with Crippen LogP contribution in [0.25, 0.3) is 17.7 Å². The summed E-state index contributed by atoms with van der Waals surface area (Å²) in [6.07, 6.45) is 25.6. The fourth-order valence-electron chi connectivity index (χ4n) is 7.83. The molecule has 0 fully saturated rings. The standard InChI is InChI=1S/C49H52N2.C2H6.C2H4.C2H2/c1-10-12-26-41-35(4)23-19-30-46(41)50(45-29-18-22-34(3)40(45)21-11-2)32-20-31-44-37(6)38(7)48-43(33-36(5)39-24-14-13-15-25-39)49(8,9)42-27-16-17-28-47(42)51(44)48;3*1-2/h10-31,33,38H,1,32H2,2-9H3;1-2H3;1-2H2;1-2H/b21-11-,26-12-,31-20-,36-33+;;;. The first-order valence-corrected chi connectivity index (χ1v) is 20.1. The van der Waals surface area contributed by atoms with Crippen molar-refractivity contribution >= 4 is 34.8 Å². The lowest BCUT2D eigenvalue weighted by Crippen LogP contribution is -2.35. The average Bonchev–Trinajstić information content (AvgIpc) is 3.49. The first kappa shape index (κ1) is 45.4. The SMILES string of the molecule is C#C.C=C.C=C/C=C\c1c(C)cccc1N(C/C=C\C1=C(C)C(C)C2=C(/C=C(\C)c3ccccc3)C(C)(C)c3ccccc3N12)c1cccc(C)c1/C=C\C.CC. The Morgan fingerprint density at radius 3 is 1.93 bits per heavy atom. The molecule has 4 aromatic carbocycles. The molecule has 2 nitrogen and oxygen atoms in total. The lowest BCUT2D eigenvalue weighted by Gasteiger charge is -2.42. The van der Waals surface area contributed by atoms with Crippen LogP contribution in [0.4, 0.5) is 17.1 Å². The molecule has 0 N–H and O–H groups in total. The Morgan fingerprint density at radius 2 is 1.35 bits per heavy atom. The van der Waals surface area contributed by atoms with Crippen LogP contribution >= 0.6 is 0 Å². The normalized spacial score (nSPS) is 15.6. The summed E-state index contributed by atoms with van der Waals surface area (Å²) in [4.78, 5) is 5.01. The van der Waals surface area contributed by atoms with Crippen LogP contribution in [0.15, 0.2) is 170 Å². The minimum atomic E-state index is -0.155. The summed E-state index contributed by atoms with van der Waals surface area (Å²) in [6.45, 7) is 32.9. The number of terminal acetylenes is 1. The van der Waals surface area contributed by atoms with Crippen molar-refractivity contribution in [3.63, 3.8) is 0 Å². The lowest BCUT2D eigenvalue weighted by atomic mass is 9.71. The van der Waals surface area contributed by atoms with E-state index in [1.165, 1.54) is 78.6 Å². The summed E-state index contributed by atoms with van der Waals surface area (Å²) in [5.74, 6) is 0.272. The highest BCUT2D eigenvalue weighted by atomic mass is 15.2. The third-order valence-electron chi connectivity index (χ3n) is 10.8. The minimum Gasteiger partial charge on any atom is -0.337 e. The maximum Gasteiger partial charge on any atom is 0.0499 e. The molecule has 0 amide bonds. The maximum atomic E-state index is 4.00. The van der Waals surface area contributed by atoms with E-state index in [9.17, 15) is 0 Å². The summed E-state index contributed by atoms with van der Waals surface area (Å²) in [5, 5.41) is 0. The van der Waals surface area contributed by atoms with E-state index in [-0.39, 0.29) is 11.3 Å². The van der Waals surface area contributed by atoms with E-state index < -0.39 is 0 Å². The van der Waals surface area contributed by atoms with Crippen molar-refractivity contribution in [2.75, 3.05) is 16.3 Å². The van der Waals surface area contributed by atoms with Crippen LogP contribution in [0.1, 0.15) is 88.8 Å². The van der Waals surface area contributed by atoms with Gasteiger partial charge in [-0.1, -0.05) is 157 Å². The first-order chi connectivity index (χ1) is 27.6. The quantitative estimate of drug-likeness (QED) is 0.0904. The molecule has 294 valence electrons. The predicted molar refractivity (Wildman–Crippen MR) is 256 cm³/mol. The molecule has 2 aliphatic heterocycles. The molecule has 0 aliphatic carbocycles. The fourth-order valence-corrected chi connectivity index (χ4v) is 7.83. The zero-order valence-corrected chi connectivity index (χ0v) is 36.2. The Bertz CT molecular complexity index is 2200. The molecule has 6 rings (SSSR count). The monoisotopic (exact) mass is 753 g/mol. The second-order valence-corrected chi connectivity index (χ2v) is 14.4. The van der Waals surface area contributed by atoms with Crippen LogP contribution in [0.5, 0.6) is 0 Å². The molecule has 0 saturated heterocycles. The van der Waals surface area contributed by atoms with Crippen LogP contribution in [0, 0.1) is 32.6 Å². The number of nitrogens with zero attached hydrogens (tertiary/aromatic N) is 2. The highest BCUT2D eigenvalue weighted by Gasteiger charge is 2.43. The Labute approximate surface area is 346 Å². The zero-order chi connectivity index (χ0) is 42.3. The van der Waals surface area contributed by atoms with Crippen LogP contribution in [-0.4, -0.2) is 6.54 Å². The van der Waals surface area contributed by atoms with Gasteiger partial charge >= 0.3 is 0 Å². The van der Waals surface area contributed by atoms with Gasteiger partial charge in [0.05, 0.1) is 0 Å². The topological polar surface area (TPSA) is 6.48 Å². The third-order valence-corrected chi connectivity index (χ3v) is 10.8. The van der Waals surface area contributed by atoms with Crippen molar-refractivity contribution in [2.24, 2.45) is 5.92 Å². The number of hydrogen-bond donors (Lipinski definition) is 0. The molecule has 0 saturated carbocycles. The molecular formula is C55H64N2. The van der Waals surface area contributed by atoms with Gasteiger partial charge in [-0.05, 0) is 97.9 Å². The Kier molecular flexibility index (Phi) is 17.0. The fraction of sp³-hybridized carbons (Fsp3) is 0.236. The van der Waals surface area contributed by atoms with Crippen molar-refractivity contribution in [2.45, 2.75) is 74.7 Å². The highest BCUT2D eigenvalue weighted by Crippen LogP contribution is 2.54. The Hall–Kier alpha value is -6.04. The molecule has 57 heavy (non-hydrogen) atoms. The van der Waals surface area contributed by atoms with Crippen LogP contribution in [0.2, 0.25) is 0 Å². The van der Waals surface area contributed by atoms with Gasteiger partial charge in [0, 0.05) is 57.5 Å². The molecule has 4 aromatic rings. The number of hydrogen-bond acceptors (Lipinski definition) is 2. The molecule has 2 heterocycles. The molecule has 1 atom stereocenters. The minimum absolute atomic E-state index is 0.155. The molecular weight excluding hydrogens is 689 g/mol. The van der Waals surface area contributed by atoms with Crippen LogP contribution < -0.4 is 9.80 Å². The number of aryl methyl sites for hydroxylation is 2. The van der Waals surface area contributed by atoms with Crippen molar-refractivity contribution in [3.8, 4) is 12.8 Å². The molecule has 0 spiro atoms. The van der Waals surface area contributed by atoms with E-state index in [1.807, 2.05) is 26.0 Å². The summed E-state index contributed by atoms with van der Waals surface area (Å²) in [5.41, 5.74) is 17.7. The van der Waals surface area contributed by atoms with Crippen molar-refractivity contribution in [3.05, 3.63) is 203 Å². The largest absolute Gasteiger partial charge is 0.337 e. The van der Waals surface area contributed by atoms with Crippen molar-refractivity contribution in [1.82, 2.24) is 0 Å². The van der Waals surface area contributed by atoms with Crippen molar-refractivity contribution < 1.29 is 0 Å². The van der Waals surface area contributed by atoms with E-state index in [4.69, 9.17) is 0 Å². The number of para-hydroxylation sites is 1. The summed E-state index contributed by atoms with van der Waals surface area (Å²) >= 11 is 0. The van der Waals surface area contributed by atoms with Gasteiger partial charge in [-0.25, -0.2) is 0 Å². The second-order valence-electron chi connectivity index (χ2n) is 14.4. The van der Waals surface area contributed by atoms with Gasteiger partial charge in [0.1, 0.15) is 0 Å². The molecule has 2 aliphatic rings. The van der Waals surface area contributed by atoms with E-state index in [0.717, 1.165) is 0 Å². The van der Waals surface area contributed by atoms with Gasteiger partial charge in [-0.15, -0.1) is 26.0 Å².